The predicted octanol–water partition coefficient (Wildman–Crippen LogP) is 3.09. The van der Waals surface area contributed by atoms with E-state index in [9.17, 15) is 9.50 Å². The smallest absolute Gasteiger partial charge is 0.138 e. The van der Waals surface area contributed by atoms with Crippen molar-refractivity contribution in [1.82, 2.24) is 0 Å². The second-order valence-corrected chi connectivity index (χ2v) is 3.74. The van der Waals surface area contributed by atoms with Gasteiger partial charge >= 0.3 is 0 Å². The summed E-state index contributed by atoms with van der Waals surface area (Å²) in [7, 11) is 0. The van der Waals surface area contributed by atoms with Crippen LogP contribution in [0.15, 0.2) is 36.4 Å². The molecule has 0 aliphatic carbocycles. The monoisotopic (exact) mass is 217 g/mol. The van der Waals surface area contributed by atoms with Gasteiger partial charge in [0.15, 0.2) is 0 Å². The molecule has 3 heteroatoms. The van der Waals surface area contributed by atoms with Crippen LogP contribution < -0.4 is 5.73 Å². The molecule has 2 aromatic rings. The highest BCUT2D eigenvalue weighted by molar-refractivity contribution is 5.70. The standard InChI is InChI=1S/C13H12FNO/c1-8-2-3-9(6-11(8)14)10-4-5-13(16)12(15)7-10/h2-7,16H,15H2,1H3. The Balaban J connectivity index is 2.50. The molecule has 2 nitrogen and oxygen atoms in total. The Morgan fingerprint density at radius 3 is 2.31 bits per heavy atom. The molecular weight excluding hydrogens is 205 g/mol. The molecule has 0 aliphatic rings. The van der Waals surface area contributed by atoms with Crippen molar-refractivity contribution >= 4 is 5.69 Å². The highest BCUT2D eigenvalue weighted by Gasteiger charge is 2.04. The molecule has 2 aromatic carbocycles. The first-order chi connectivity index (χ1) is 7.58. The molecule has 2 rings (SSSR count). The van der Waals surface area contributed by atoms with Crippen LogP contribution >= 0.6 is 0 Å². The van der Waals surface area contributed by atoms with E-state index in [1.54, 1.807) is 25.1 Å². The average molecular weight is 217 g/mol. The average Bonchev–Trinajstić information content (AvgIpc) is 2.26. The summed E-state index contributed by atoms with van der Waals surface area (Å²) in [6.07, 6.45) is 0. The van der Waals surface area contributed by atoms with Gasteiger partial charge in [0.1, 0.15) is 11.6 Å². The maximum atomic E-state index is 13.4. The summed E-state index contributed by atoms with van der Waals surface area (Å²) in [4.78, 5) is 0. The van der Waals surface area contributed by atoms with Crippen LogP contribution in [-0.2, 0) is 0 Å². The molecule has 0 radical (unpaired) electrons. The largest absolute Gasteiger partial charge is 0.506 e. The Morgan fingerprint density at radius 1 is 1.06 bits per heavy atom. The number of nitrogens with two attached hydrogens (primary N) is 1. The van der Waals surface area contributed by atoms with Crippen molar-refractivity contribution in [3.8, 4) is 16.9 Å². The molecule has 0 atom stereocenters. The lowest BCUT2D eigenvalue weighted by Crippen LogP contribution is -1.88. The van der Waals surface area contributed by atoms with Gasteiger partial charge in [0.25, 0.3) is 0 Å². The van der Waals surface area contributed by atoms with Crippen molar-refractivity contribution in [3.05, 3.63) is 47.8 Å². The lowest BCUT2D eigenvalue weighted by Gasteiger charge is -2.05. The van der Waals surface area contributed by atoms with E-state index in [1.807, 2.05) is 6.07 Å². The summed E-state index contributed by atoms with van der Waals surface area (Å²) in [5, 5.41) is 9.29. The fraction of sp³-hybridized carbons (Fsp3) is 0.0769. The van der Waals surface area contributed by atoms with Crippen molar-refractivity contribution in [2.45, 2.75) is 6.92 Å². The molecule has 0 aromatic heterocycles. The van der Waals surface area contributed by atoms with Crippen molar-refractivity contribution in [1.29, 1.82) is 0 Å². The number of phenols is 1. The number of nitrogen functional groups attached to an aromatic ring is 1. The molecule has 3 N–H and O–H groups in total. The predicted molar refractivity (Wildman–Crippen MR) is 62.7 cm³/mol. The van der Waals surface area contributed by atoms with E-state index in [4.69, 9.17) is 5.73 Å². The number of rotatable bonds is 1. The second-order valence-electron chi connectivity index (χ2n) is 3.74. The van der Waals surface area contributed by atoms with Gasteiger partial charge in [-0.15, -0.1) is 0 Å². The molecule has 0 unspecified atom stereocenters. The number of aryl methyl sites for hydroxylation is 1. The zero-order valence-electron chi connectivity index (χ0n) is 8.87. The van der Waals surface area contributed by atoms with Crippen LogP contribution in [0.4, 0.5) is 10.1 Å². The fourth-order valence-corrected chi connectivity index (χ4v) is 1.51. The Hall–Kier alpha value is -2.03. The van der Waals surface area contributed by atoms with Crippen LogP contribution in [0.5, 0.6) is 5.75 Å². The Bertz CT molecular complexity index is 488. The number of benzene rings is 2. The summed E-state index contributed by atoms with van der Waals surface area (Å²) in [5.74, 6) is -0.208. The minimum atomic E-state index is -0.246. The van der Waals surface area contributed by atoms with Crippen LogP contribution in [0.2, 0.25) is 0 Å². The van der Waals surface area contributed by atoms with Crippen LogP contribution in [0, 0.1) is 12.7 Å². The van der Waals surface area contributed by atoms with Gasteiger partial charge in [-0.2, -0.15) is 0 Å². The topological polar surface area (TPSA) is 46.2 Å². The van der Waals surface area contributed by atoms with Gasteiger partial charge in [-0.05, 0) is 41.8 Å². The number of hydrogen-bond acceptors (Lipinski definition) is 2. The number of phenolic OH excluding ortho intramolecular Hbond substituents is 1. The maximum absolute atomic E-state index is 13.4. The summed E-state index contributed by atoms with van der Waals surface area (Å²) in [5.41, 5.74) is 8.01. The van der Waals surface area contributed by atoms with Crippen LogP contribution in [0.3, 0.4) is 0 Å². The SMILES string of the molecule is Cc1ccc(-c2ccc(O)c(N)c2)cc1F. The van der Waals surface area contributed by atoms with Gasteiger partial charge in [-0.3, -0.25) is 0 Å². The van der Waals surface area contributed by atoms with E-state index in [1.165, 1.54) is 12.1 Å². The van der Waals surface area contributed by atoms with Gasteiger partial charge in [0.2, 0.25) is 0 Å². The first-order valence-corrected chi connectivity index (χ1v) is 4.93. The van der Waals surface area contributed by atoms with Gasteiger partial charge < -0.3 is 10.8 Å². The molecule has 0 bridgehead atoms. The highest BCUT2D eigenvalue weighted by Crippen LogP contribution is 2.28. The first kappa shape index (κ1) is 10.5. The number of anilines is 1. The highest BCUT2D eigenvalue weighted by atomic mass is 19.1. The molecule has 82 valence electrons. The fourth-order valence-electron chi connectivity index (χ4n) is 1.51. The van der Waals surface area contributed by atoms with E-state index < -0.39 is 0 Å². The summed E-state index contributed by atoms with van der Waals surface area (Å²) >= 11 is 0. The van der Waals surface area contributed by atoms with E-state index in [0.29, 0.717) is 11.3 Å². The van der Waals surface area contributed by atoms with E-state index in [-0.39, 0.29) is 11.6 Å². The molecule has 0 saturated carbocycles. The number of aromatic hydroxyl groups is 1. The van der Waals surface area contributed by atoms with E-state index >= 15 is 0 Å². The number of hydrogen-bond donors (Lipinski definition) is 2. The lowest BCUT2D eigenvalue weighted by molar-refractivity contribution is 0.478. The van der Waals surface area contributed by atoms with E-state index in [0.717, 1.165) is 11.1 Å². The maximum Gasteiger partial charge on any atom is 0.138 e. The van der Waals surface area contributed by atoms with E-state index in [2.05, 4.69) is 0 Å². The van der Waals surface area contributed by atoms with Gasteiger partial charge in [0, 0.05) is 0 Å². The Kier molecular flexibility index (Phi) is 2.52. The minimum absolute atomic E-state index is 0.0383. The van der Waals surface area contributed by atoms with Gasteiger partial charge in [0.05, 0.1) is 5.69 Å². The molecule has 0 spiro atoms. The molecule has 16 heavy (non-hydrogen) atoms. The Morgan fingerprint density at radius 2 is 1.69 bits per heavy atom. The third-order valence-corrected chi connectivity index (χ3v) is 2.53. The molecule has 0 amide bonds. The number of halogens is 1. The summed E-state index contributed by atoms with van der Waals surface area (Å²) in [6, 6.07) is 9.83. The second kappa shape index (κ2) is 3.85. The molecule has 0 heterocycles. The quantitative estimate of drug-likeness (QED) is 0.569. The van der Waals surface area contributed by atoms with Crippen LogP contribution in [-0.4, -0.2) is 5.11 Å². The lowest BCUT2D eigenvalue weighted by atomic mass is 10.0. The van der Waals surface area contributed by atoms with Crippen molar-refractivity contribution in [3.63, 3.8) is 0 Å². The third kappa shape index (κ3) is 1.84. The van der Waals surface area contributed by atoms with Crippen LogP contribution in [0.25, 0.3) is 11.1 Å². The molecule has 0 fully saturated rings. The molecule has 0 aliphatic heterocycles. The minimum Gasteiger partial charge on any atom is -0.506 e. The molecular formula is C13H12FNO. The first-order valence-electron chi connectivity index (χ1n) is 4.93. The zero-order valence-corrected chi connectivity index (χ0v) is 8.87. The Labute approximate surface area is 93.2 Å². The zero-order chi connectivity index (χ0) is 11.7. The normalized spacial score (nSPS) is 10.4. The summed E-state index contributed by atoms with van der Waals surface area (Å²) in [6.45, 7) is 1.71. The van der Waals surface area contributed by atoms with Crippen molar-refractivity contribution < 1.29 is 9.50 Å². The van der Waals surface area contributed by atoms with Crippen molar-refractivity contribution in [2.24, 2.45) is 0 Å². The van der Waals surface area contributed by atoms with Gasteiger partial charge in [-0.1, -0.05) is 18.2 Å². The van der Waals surface area contributed by atoms with Crippen molar-refractivity contribution in [2.75, 3.05) is 5.73 Å². The summed E-state index contributed by atoms with van der Waals surface area (Å²) < 4.78 is 13.4. The molecule has 0 saturated heterocycles. The third-order valence-electron chi connectivity index (χ3n) is 2.53. The van der Waals surface area contributed by atoms with Crippen LogP contribution in [0.1, 0.15) is 5.56 Å². The van der Waals surface area contributed by atoms with Gasteiger partial charge in [-0.25, -0.2) is 4.39 Å².